The van der Waals surface area contributed by atoms with Crippen LogP contribution in [0.2, 0.25) is 0 Å². The highest BCUT2D eigenvalue weighted by Gasteiger charge is 1.91. The number of aromatic nitrogens is 1. The van der Waals surface area contributed by atoms with Crippen LogP contribution in [0.3, 0.4) is 0 Å². The summed E-state index contributed by atoms with van der Waals surface area (Å²) in [7, 11) is 1.94. The zero-order chi connectivity index (χ0) is 10.6. The summed E-state index contributed by atoms with van der Waals surface area (Å²) in [5.41, 5.74) is 1.78. The number of hydrogen-bond donors (Lipinski definition) is 1. The molecule has 3 heteroatoms. The SMILES string of the molecule is CC(=C/C(=O)O)/C=C/c1ccn(C)c1. The predicted octanol–water partition coefficient (Wildman–Crippen LogP) is 2.07. The molecular formula is C11H13NO2. The molecule has 0 atom stereocenters. The molecular weight excluding hydrogens is 178 g/mol. The number of allylic oxidation sites excluding steroid dienone is 2. The van der Waals surface area contributed by atoms with Gasteiger partial charge in [0, 0.05) is 25.5 Å². The Hall–Kier alpha value is -1.77. The number of rotatable bonds is 3. The maximum Gasteiger partial charge on any atom is 0.328 e. The van der Waals surface area contributed by atoms with Crippen LogP contribution in [0.4, 0.5) is 0 Å². The average molecular weight is 191 g/mol. The molecule has 1 aromatic heterocycles. The molecule has 14 heavy (non-hydrogen) atoms. The fourth-order valence-electron chi connectivity index (χ4n) is 1.09. The van der Waals surface area contributed by atoms with E-state index in [0.717, 1.165) is 11.1 Å². The van der Waals surface area contributed by atoms with E-state index in [0.29, 0.717) is 0 Å². The Bertz CT molecular complexity index is 386. The van der Waals surface area contributed by atoms with Gasteiger partial charge in [-0.1, -0.05) is 12.2 Å². The van der Waals surface area contributed by atoms with Gasteiger partial charge in [0.25, 0.3) is 0 Å². The van der Waals surface area contributed by atoms with Gasteiger partial charge in [0.1, 0.15) is 0 Å². The number of aryl methyl sites for hydroxylation is 1. The molecule has 0 aliphatic heterocycles. The first kappa shape index (κ1) is 10.3. The molecule has 0 aromatic carbocycles. The van der Waals surface area contributed by atoms with Crippen LogP contribution >= 0.6 is 0 Å². The summed E-state index contributed by atoms with van der Waals surface area (Å²) in [5.74, 6) is -0.916. The molecule has 0 fully saturated rings. The molecule has 0 aliphatic rings. The lowest BCUT2D eigenvalue weighted by Gasteiger charge is -1.88. The number of carboxylic acids is 1. The highest BCUT2D eigenvalue weighted by Crippen LogP contribution is 2.05. The van der Waals surface area contributed by atoms with Crippen molar-refractivity contribution in [2.45, 2.75) is 6.92 Å². The maximum absolute atomic E-state index is 10.3. The van der Waals surface area contributed by atoms with Gasteiger partial charge in [0.15, 0.2) is 0 Å². The largest absolute Gasteiger partial charge is 0.478 e. The molecule has 1 N–H and O–H groups in total. The third-order valence-corrected chi connectivity index (χ3v) is 1.74. The minimum atomic E-state index is -0.916. The molecule has 3 nitrogen and oxygen atoms in total. The van der Waals surface area contributed by atoms with Gasteiger partial charge in [-0.05, 0) is 24.1 Å². The minimum absolute atomic E-state index is 0.723. The Labute approximate surface area is 83.0 Å². The highest BCUT2D eigenvalue weighted by atomic mass is 16.4. The summed E-state index contributed by atoms with van der Waals surface area (Å²) in [6.45, 7) is 1.76. The van der Waals surface area contributed by atoms with Crippen LogP contribution in [-0.2, 0) is 11.8 Å². The Morgan fingerprint density at radius 3 is 2.79 bits per heavy atom. The summed E-state index contributed by atoms with van der Waals surface area (Å²) in [6, 6.07) is 1.96. The maximum atomic E-state index is 10.3. The van der Waals surface area contributed by atoms with Crippen LogP contribution in [0.1, 0.15) is 12.5 Å². The van der Waals surface area contributed by atoms with Crippen molar-refractivity contribution in [1.82, 2.24) is 4.57 Å². The van der Waals surface area contributed by atoms with Gasteiger partial charge in [-0.3, -0.25) is 0 Å². The fourth-order valence-corrected chi connectivity index (χ4v) is 1.09. The molecule has 1 rings (SSSR count). The fraction of sp³-hybridized carbons (Fsp3) is 0.182. The van der Waals surface area contributed by atoms with Gasteiger partial charge in [-0.15, -0.1) is 0 Å². The highest BCUT2D eigenvalue weighted by molar-refractivity contribution is 5.81. The summed E-state index contributed by atoms with van der Waals surface area (Å²) in [4.78, 5) is 10.3. The molecule has 0 amide bonds. The van der Waals surface area contributed by atoms with E-state index in [9.17, 15) is 4.79 Å². The lowest BCUT2D eigenvalue weighted by atomic mass is 10.2. The Morgan fingerprint density at radius 1 is 1.57 bits per heavy atom. The molecule has 74 valence electrons. The van der Waals surface area contributed by atoms with E-state index in [4.69, 9.17) is 5.11 Å². The van der Waals surface area contributed by atoms with Gasteiger partial charge in [0.2, 0.25) is 0 Å². The Kier molecular flexibility index (Phi) is 3.29. The van der Waals surface area contributed by atoms with Gasteiger partial charge >= 0.3 is 5.97 Å². The van der Waals surface area contributed by atoms with Crippen LogP contribution in [0.5, 0.6) is 0 Å². The van der Waals surface area contributed by atoms with Crippen molar-refractivity contribution in [2.24, 2.45) is 7.05 Å². The first-order valence-electron chi connectivity index (χ1n) is 4.29. The number of carbonyl (C=O) groups is 1. The standard InChI is InChI=1S/C11H13NO2/c1-9(7-11(13)14)3-4-10-5-6-12(2)8-10/h3-8H,1-2H3,(H,13,14)/b4-3+,9-7-. The van der Waals surface area contributed by atoms with Crippen LogP contribution in [0, 0.1) is 0 Å². The first-order valence-corrected chi connectivity index (χ1v) is 4.29. The smallest absolute Gasteiger partial charge is 0.328 e. The Morgan fingerprint density at radius 2 is 2.29 bits per heavy atom. The second-order valence-electron chi connectivity index (χ2n) is 3.17. The van der Waals surface area contributed by atoms with Crippen molar-refractivity contribution in [3.05, 3.63) is 41.7 Å². The normalized spacial score (nSPS) is 12.3. The summed E-state index contributed by atoms with van der Waals surface area (Å²) in [6.07, 6.45) is 8.75. The van der Waals surface area contributed by atoms with Crippen LogP contribution < -0.4 is 0 Å². The third kappa shape index (κ3) is 3.31. The number of aliphatic carboxylic acids is 1. The monoisotopic (exact) mass is 191 g/mol. The summed E-state index contributed by atoms with van der Waals surface area (Å²) >= 11 is 0. The van der Waals surface area contributed by atoms with E-state index >= 15 is 0 Å². The zero-order valence-electron chi connectivity index (χ0n) is 8.27. The van der Waals surface area contributed by atoms with Crippen molar-refractivity contribution in [3.63, 3.8) is 0 Å². The lowest BCUT2D eigenvalue weighted by molar-refractivity contribution is -0.131. The van der Waals surface area contributed by atoms with Crippen LogP contribution in [-0.4, -0.2) is 15.6 Å². The van der Waals surface area contributed by atoms with Crippen LogP contribution in [0.25, 0.3) is 6.08 Å². The first-order chi connectivity index (χ1) is 6.58. The van der Waals surface area contributed by atoms with Crippen molar-refractivity contribution in [1.29, 1.82) is 0 Å². The third-order valence-electron chi connectivity index (χ3n) is 1.74. The Balaban J connectivity index is 2.69. The molecule has 0 bridgehead atoms. The minimum Gasteiger partial charge on any atom is -0.478 e. The van der Waals surface area contributed by atoms with Gasteiger partial charge in [-0.2, -0.15) is 0 Å². The molecule has 0 aliphatic carbocycles. The topological polar surface area (TPSA) is 42.2 Å². The lowest BCUT2D eigenvalue weighted by Crippen LogP contribution is -1.87. The molecule has 0 radical (unpaired) electrons. The molecule has 0 unspecified atom stereocenters. The van der Waals surface area contributed by atoms with Gasteiger partial charge < -0.3 is 9.67 Å². The molecule has 1 aromatic rings. The van der Waals surface area contributed by atoms with Crippen molar-refractivity contribution in [3.8, 4) is 0 Å². The van der Waals surface area contributed by atoms with E-state index in [1.165, 1.54) is 6.08 Å². The average Bonchev–Trinajstić information content (AvgIpc) is 2.47. The van der Waals surface area contributed by atoms with E-state index in [1.54, 1.807) is 13.0 Å². The summed E-state index contributed by atoms with van der Waals surface area (Å²) < 4.78 is 1.94. The van der Waals surface area contributed by atoms with E-state index in [-0.39, 0.29) is 0 Å². The van der Waals surface area contributed by atoms with E-state index < -0.39 is 5.97 Å². The van der Waals surface area contributed by atoms with E-state index in [1.807, 2.05) is 36.2 Å². The van der Waals surface area contributed by atoms with Crippen molar-refractivity contribution >= 4 is 12.0 Å². The van der Waals surface area contributed by atoms with Crippen molar-refractivity contribution in [2.75, 3.05) is 0 Å². The molecule has 0 saturated heterocycles. The number of nitrogens with zero attached hydrogens (tertiary/aromatic N) is 1. The van der Waals surface area contributed by atoms with Crippen LogP contribution in [0.15, 0.2) is 36.2 Å². The quantitative estimate of drug-likeness (QED) is 0.587. The predicted molar refractivity (Wildman–Crippen MR) is 55.8 cm³/mol. The number of carboxylic acid groups (broad SMARTS) is 1. The molecule has 0 saturated carbocycles. The number of hydrogen-bond acceptors (Lipinski definition) is 1. The second-order valence-corrected chi connectivity index (χ2v) is 3.17. The zero-order valence-corrected chi connectivity index (χ0v) is 8.27. The van der Waals surface area contributed by atoms with E-state index in [2.05, 4.69) is 0 Å². The van der Waals surface area contributed by atoms with Gasteiger partial charge in [0.05, 0.1) is 0 Å². The van der Waals surface area contributed by atoms with Crippen molar-refractivity contribution < 1.29 is 9.90 Å². The molecule has 0 spiro atoms. The molecule has 1 heterocycles. The summed E-state index contributed by atoms with van der Waals surface area (Å²) in [5, 5.41) is 8.47. The second kappa shape index (κ2) is 4.46. The van der Waals surface area contributed by atoms with Gasteiger partial charge in [-0.25, -0.2) is 4.79 Å².